The molecule has 23 heavy (non-hydrogen) atoms. The minimum Gasteiger partial charge on any atom is -0.283 e. The van der Waals surface area contributed by atoms with Crippen LogP contribution in [0.5, 0.6) is 0 Å². The smallest absolute Gasteiger partial charge is 0.231 e. The van der Waals surface area contributed by atoms with Crippen molar-refractivity contribution >= 4 is 5.78 Å². The molecule has 0 aliphatic carbocycles. The SMILES string of the molecule is CCCCC/C=C\C/C=C\C/C=C\C/C=C\CCCC(=O)C#N. The molecule has 0 aromatic rings. The Morgan fingerprint density at radius 1 is 0.783 bits per heavy atom. The number of rotatable bonds is 14. The van der Waals surface area contributed by atoms with E-state index in [9.17, 15) is 4.79 Å². The Kier molecular flexibility index (Phi) is 16.7. The molecule has 0 saturated heterocycles. The fourth-order valence-electron chi connectivity index (χ4n) is 2.00. The van der Waals surface area contributed by atoms with Crippen LogP contribution < -0.4 is 0 Å². The van der Waals surface area contributed by atoms with E-state index >= 15 is 0 Å². The number of allylic oxidation sites excluding steroid dienone is 8. The van der Waals surface area contributed by atoms with Gasteiger partial charge in [-0.05, 0) is 44.9 Å². The zero-order valence-corrected chi connectivity index (χ0v) is 14.5. The van der Waals surface area contributed by atoms with Gasteiger partial charge in [0.05, 0.1) is 0 Å². The lowest BCUT2D eigenvalue weighted by atomic mass is 10.2. The van der Waals surface area contributed by atoms with Gasteiger partial charge in [0.25, 0.3) is 0 Å². The maximum absolute atomic E-state index is 10.8. The molecule has 0 unspecified atom stereocenters. The minimum absolute atomic E-state index is 0.319. The summed E-state index contributed by atoms with van der Waals surface area (Å²) in [7, 11) is 0. The Balaban J connectivity index is 3.44. The van der Waals surface area contributed by atoms with Crippen molar-refractivity contribution in [3.63, 3.8) is 0 Å². The van der Waals surface area contributed by atoms with Gasteiger partial charge in [-0.3, -0.25) is 4.79 Å². The summed E-state index contributed by atoms with van der Waals surface area (Å²) in [5.41, 5.74) is 0. The zero-order chi connectivity index (χ0) is 17.0. The van der Waals surface area contributed by atoms with E-state index in [0.29, 0.717) is 6.42 Å². The number of carbonyl (C=O) groups excluding carboxylic acids is 1. The lowest BCUT2D eigenvalue weighted by Gasteiger charge is -1.90. The van der Waals surface area contributed by atoms with Gasteiger partial charge >= 0.3 is 0 Å². The van der Waals surface area contributed by atoms with Gasteiger partial charge in [0.1, 0.15) is 6.07 Å². The summed E-state index contributed by atoms with van der Waals surface area (Å²) in [5.74, 6) is -0.319. The van der Waals surface area contributed by atoms with Gasteiger partial charge < -0.3 is 0 Å². The quantitative estimate of drug-likeness (QED) is 0.217. The molecule has 0 spiro atoms. The highest BCUT2D eigenvalue weighted by Gasteiger charge is 1.95. The van der Waals surface area contributed by atoms with Crippen molar-refractivity contribution in [3.8, 4) is 6.07 Å². The molecule has 2 heteroatoms. The molecule has 2 nitrogen and oxygen atoms in total. The molecule has 0 saturated carbocycles. The molecule has 0 amide bonds. The van der Waals surface area contributed by atoms with Gasteiger partial charge in [-0.1, -0.05) is 68.4 Å². The summed E-state index contributed by atoms with van der Waals surface area (Å²) in [5, 5.41) is 8.33. The van der Waals surface area contributed by atoms with Crippen LogP contribution in [0.15, 0.2) is 48.6 Å². The van der Waals surface area contributed by atoms with E-state index in [1.54, 1.807) is 6.07 Å². The fourth-order valence-corrected chi connectivity index (χ4v) is 2.00. The summed E-state index contributed by atoms with van der Waals surface area (Å²) in [6, 6.07) is 1.63. The van der Waals surface area contributed by atoms with E-state index in [4.69, 9.17) is 5.26 Å². The summed E-state index contributed by atoms with van der Waals surface area (Å²) in [6.07, 6.45) is 27.5. The average molecular weight is 313 g/mol. The standard InChI is InChI=1S/C21H31NO/c1-2-3-4-5-6-7-8-9-10-11-12-13-14-15-16-17-18-19-21(23)20-22/h6-7,9-10,12-13,15-16H,2-5,8,11,14,17-19H2,1H3/b7-6-,10-9-,13-12-,16-15-. The topological polar surface area (TPSA) is 40.9 Å². The Morgan fingerprint density at radius 2 is 1.26 bits per heavy atom. The Bertz CT molecular complexity index is 435. The summed E-state index contributed by atoms with van der Waals surface area (Å²) >= 11 is 0. The van der Waals surface area contributed by atoms with Crippen LogP contribution in [0.25, 0.3) is 0 Å². The van der Waals surface area contributed by atoms with Gasteiger partial charge in [-0.15, -0.1) is 0 Å². The molecule has 0 rings (SSSR count). The molecule has 0 aromatic heterocycles. The van der Waals surface area contributed by atoms with Gasteiger partial charge in [-0.2, -0.15) is 5.26 Å². The minimum atomic E-state index is -0.319. The van der Waals surface area contributed by atoms with E-state index in [0.717, 1.165) is 32.1 Å². The lowest BCUT2D eigenvalue weighted by molar-refractivity contribution is -0.114. The number of unbranched alkanes of at least 4 members (excludes halogenated alkanes) is 4. The molecule has 0 atom stereocenters. The van der Waals surface area contributed by atoms with Gasteiger partial charge in [0.15, 0.2) is 0 Å². The van der Waals surface area contributed by atoms with Crippen molar-refractivity contribution in [2.75, 3.05) is 0 Å². The highest BCUT2D eigenvalue weighted by molar-refractivity contribution is 5.93. The van der Waals surface area contributed by atoms with E-state index in [1.165, 1.54) is 25.7 Å². The van der Waals surface area contributed by atoms with Crippen molar-refractivity contribution in [2.24, 2.45) is 0 Å². The van der Waals surface area contributed by atoms with Crippen LogP contribution in [0.4, 0.5) is 0 Å². The molecule has 0 aliphatic rings. The third kappa shape index (κ3) is 18.1. The number of ketones is 1. The molecule has 0 aromatic carbocycles. The van der Waals surface area contributed by atoms with Crippen molar-refractivity contribution in [1.82, 2.24) is 0 Å². The highest BCUT2D eigenvalue weighted by atomic mass is 16.1. The van der Waals surface area contributed by atoms with Gasteiger partial charge in [0, 0.05) is 6.42 Å². The number of carbonyl (C=O) groups is 1. The van der Waals surface area contributed by atoms with Crippen LogP contribution in [0.1, 0.15) is 71.1 Å². The first-order valence-corrected chi connectivity index (χ1v) is 8.84. The second kappa shape index (κ2) is 18.2. The number of hydrogen-bond acceptors (Lipinski definition) is 2. The molecule has 126 valence electrons. The van der Waals surface area contributed by atoms with Crippen LogP contribution in [-0.4, -0.2) is 5.78 Å². The second-order valence-corrected chi connectivity index (χ2v) is 5.52. The largest absolute Gasteiger partial charge is 0.283 e. The summed E-state index contributed by atoms with van der Waals surface area (Å²) in [4.78, 5) is 10.8. The lowest BCUT2D eigenvalue weighted by Crippen LogP contribution is -1.90. The first kappa shape index (κ1) is 21.1. The van der Waals surface area contributed by atoms with Crippen LogP contribution in [0, 0.1) is 11.3 Å². The van der Waals surface area contributed by atoms with Crippen LogP contribution in [0.3, 0.4) is 0 Å². The maximum atomic E-state index is 10.8. The fraction of sp³-hybridized carbons (Fsp3) is 0.524. The highest BCUT2D eigenvalue weighted by Crippen LogP contribution is 2.01. The second-order valence-electron chi connectivity index (χ2n) is 5.52. The molecule has 0 radical (unpaired) electrons. The first-order chi connectivity index (χ1) is 11.3. The van der Waals surface area contributed by atoms with E-state index < -0.39 is 0 Å². The van der Waals surface area contributed by atoms with Gasteiger partial charge in [-0.25, -0.2) is 0 Å². The predicted molar refractivity (Wildman–Crippen MR) is 99.0 cm³/mol. The van der Waals surface area contributed by atoms with E-state index in [2.05, 4.69) is 55.5 Å². The average Bonchev–Trinajstić information content (AvgIpc) is 2.57. The Labute approximate surface area is 142 Å². The van der Waals surface area contributed by atoms with Crippen LogP contribution >= 0.6 is 0 Å². The van der Waals surface area contributed by atoms with Crippen LogP contribution in [-0.2, 0) is 4.79 Å². The third-order valence-electron chi connectivity index (χ3n) is 3.36. The molecule has 0 aliphatic heterocycles. The number of hydrogen-bond donors (Lipinski definition) is 0. The number of Topliss-reactive ketones (excluding diaryl/α,β-unsaturated/α-hetero) is 1. The zero-order valence-electron chi connectivity index (χ0n) is 14.5. The molecule has 0 fully saturated rings. The van der Waals surface area contributed by atoms with Gasteiger partial charge in [0.2, 0.25) is 5.78 Å². The Morgan fingerprint density at radius 3 is 1.74 bits per heavy atom. The molecule has 0 N–H and O–H groups in total. The van der Waals surface area contributed by atoms with Crippen molar-refractivity contribution < 1.29 is 4.79 Å². The molecule has 0 bridgehead atoms. The van der Waals surface area contributed by atoms with E-state index in [-0.39, 0.29) is 5.78 Å². The predicted octanol–water partition coefficient (Wildman–Crippen LogP) is 6.22. The maximum Gasteiger partial charge on any atom is 0.231 e. The van der Waals surface area contributed by atoms with Crippen molar-refractivity contribution in [3.05, 3.63) is 48.6 Å². The number of nitriles is 1. The summed E-state index contributed by atoms with van der Waals surface area (Å²) < 4.78 is 0. The molecular weight excluding hydrogens is 282 g/mol. The monoisotopic (exact) mass is 313 g/mol. The third-order valence-corrected chi connectivity index (χ3v) is 3.36. The van der Waals surface area contributed by atoms with Crippen molar-refractivity contribution in [2.45, 2.75) is 71.1 Å². The van der Waals surface area contributed by atoms with Crippen molar-refractivity contribution in [1.29, 1.82) is 5.26 Å². The first-order valence-electron chi connectivity index (χ1n) is 8.84. The number of nitrogens with zero attached hydrogens (tertiary/aromatic N) is 1. The Hall–Kier alpha value is -1.88. The van der Waals surface area contributed by atoms with Crippen LogP contribution in [0.2, 0.25) is 0 Å². The summed E-state index contributed by atoms with van der Waals surface area (Å²) in [6.45, 7) is 2.23. The van der Waals surface area contributed by atoms with E-state index in [1.807, 2.05) is 0 Å². The normalized spacial score (nSPS) is 12.0. The molecule has 0 heterocycles. The molecular formula is C21H31NO.